The molecule has 0 spiro atoms. The highest BCUT2D eigenvalue weighted by atomic mass is 16.5. The van der Waals surface area contributed by atoms with Crippen LogP contribution in [-0.2, 0) is 9.53 Å². The van der Waals surface area contributed by atoms with Gasteiger partial charge in [-0.1, -0.05) is 13.8 Å². The number of esters is 1. The Morgan fingerprint density at radius 2 is 1.82 bits per heavy atom. The van der Waals surface area contributed by atoms with Gasteiger partial charge in [-0.2, -0.15) is 0 Å². The molecule has 0 aliphatic heterocycles. The lowest BCUT2D eigenvalue weighted by atomic mass is 10.0. The van der Waals surface area contributed by atoms with Crippen LogP contribution in [0.4, 0.5) is 0 Å². The van der Waals surface area contributed by atoms with Gasteiger partial charge < -0.3 is 14.9 Å². The molecule has 0 saturated heterocycles. The number of ether oxygens (including phenoxy) is 1. The predicted octanol–water partition coefficient (Wildman–Crippen LogP) is -0.463. The lowest BCUT2D eigenvalue weighted by molar-refractivity contribution is -0.158. The molecule has 2 N–H and O–H groups in total. The Morgan fingerprint density at radius 1 is 1.36 bits per heavy atom. The van der Waals surface area contributed by atoms with Gasteiger partial charge in [0.25, 0.3) is 0 Å². The van der Waals surface area contributed by atoms with Crippen molar-refractivity contribution in [1.82, 2.24) is 0 Å². The maximum atomic E-state index is 10.6. The number of hydrogen-bond donors (Lipinski definition) is 2. The maximum Gasteiger partial charge on any atom is 0.337 e. The Bertz CT molecular complexity index is 132. The highest BCUT2D eigenvalue weighted by molar-refractivity contribution is 5.74. The molecule has 0 amide bonds. The topological polar surface area (TPSA) is 66.8 Å². The molecule has 4 nitrogen and oxygen atoms in total. The first-order valence-corrected chi connectivity index (χ1v) is 3.44. The van der Waals surface area contributed by atoms with Crippen molar-refractivity contribution in [2.24, 2.45) is 5.92 Å². The van der Waals surface area contributed by atoms with E-state index < -0.39 is 18.2 Å². The number of aliphatic hydroxyl groups is 2. The van der Waals surface area contributed by atoms with Crippen LogP contribution in [0.1, 0.15) is 13.8 Å². The lowest BCUT2D eigenvalue weighted by Gasteiger charge is -2.18. The molecule has 0 radical (unpaired) electrons. The van der Waals surface area contributed by atoms with Gasteiger partial charge in [-0.05, 0) is 5.92 Å². The zero-order valence-electron chi connectivity index (χ0n) is 6.94. The summed E-state index contributed by atoms with van der Waals surface area (Å²) in [5, 5.41) is 18.2. The molecule has 11 heavy (non-hydrogen) atoms. The van der Waals surface area contributed by atoms with Crippen LogP contribution in [0.25, 0.3) is 0 Å². The van der Waals surface area contributed by atoms with E-state index in [-0.39, 0.29) is 5.92 Å². The monoisotopic (exact) mass is 162 g/mol. The molecule has 2 atom stereocenters. The second-order valence-corrected chi connectivity index (χ2v) is 2.70. The van der Waals surface area contributed by atoms with Crippen molar-refractivity contribution >= 4 is 5.97 Å². The van der Waals surface area contributed by atoms with Crippen LogP contribution in [0.5, 0.6) is 0 Å². The van der Waals surface area contributed by atoms with E-state index >= 15 is 0 Å². The van der Waals surface area contributed by atoms with Crippen molar-refractivity contribution in [3.05, 3.63) is 0 Å². The molecule has 0 rings (SSSR count). The summed E-state index contributed by atoms with van der Waals surface area (Å²) < 4.78 is 4.23. The van der Waals surface area contributed by atoms with Crippen LogP contribution in [0.2, 0.25) is 0 Å². The van der Waals surface area contributed by atoms with Crippen LogP contribution < -0.4 is 0 Å². The Labute approximate surface area is 65.8 Å². The molecule has 0 aliphatic rings. The molecule has 0 heterocycles. The Morgan fingerprint density at radius 3 is 2.09 bits per heavy atom. The maximum absolute atomic E-state index is 10.6. The molecule has 0 fully saturated rings. The van der Waals surface area contributed by atoms with Crippen LogP contribution in [0.3, 0.4) is 0 Å². The summed E-state index contributed by atoms with van der Waals surface area (Å²) in [5.74, 6) is -0.963. The van der Waals surface area contributed by atoms with Gasteiger partial charge in [0.05, 0.1) is 13.2 Å². The van der Waals surface area contributed by atoms with Crippen LogP contribution in [0, 0.1) is 5.92 Å². The highest BCUT2D eigenvalue weighted by Crippen LogP contribution is 2.06. The average Bonchev–Trinajstić information content (AvgIpc) is 2.00. The first-order valence-electron chi connectivity index (χ1n) is 3.44. The van der Waals surface area contributed by atoms with E-state index in [1.807, 2.05) is 0 Å². The minimum atomic E-state index is -1.43. The third-order valence-corrected chi connectivity index (χ3v) is 1.45. The third-order valence-electron chi connectivity index (χ3n) is 1.45. The summed E-state index contributed by atoms with van der Waals surface area (Å²) in [7, 11) is 1.17. The van der Waals surface area contributed by atoms with Gasteiger partial charge in [0.1, 0.15) is 0 Å². The van der Waals surface area contributed by atoms with E-state index in [9.17, 15) is 4.79 Å². The Hall–Kier alpha value is -0.610. The fraction of sp³-hybridized carbons (Fsp3) is 0.857. The standard InChI is InChI=1S/C7H14O4/c1-4(2)5(8)6(9)7(10)11-3/h4-6,8-9H,1-3H3/t5-,6+/m1/s1. The number of carbonyl (C=O) groups excluding carboxylic acids is 1. The molecule has 0 aromatic rings. The number of hydrogen-bond acceptors (Lipinski definition) is 4. The van der Waals surface area contributed by atoms with E-state index in [0.717, 1.165) is 0 Å². The minimum absolute atomic E-state index is 0.163. The summed E-state index contributed by atoms with van der Waals surface area (Å²) in [4.78, 5) is 10.6. The van der Waals surface area contributed by atoms with Crippen LogP contribution in [0.15, 0.2) is 0 Å². The van der Waals surface area contributed by atoms with Gasteiger partial charge in [0, 0.05) is 0 Å². The van der Waals surface area contributed by atoms with Crippen LogP contribution in [-0.4, -0.2) is 35.5 Å². The van der Waals surface area contributed by atoms with E-state index in [4.69, 9.17) is 10.2 Å². The van der Waals surface area contributed by atoms with Gasteiger partial charge in [-0.25, -0.2) is 4.79 Å². The second kappa shape index (κ2) is 4.31. The minimum Gasteiger partial charge on any atom is -0.467 e. The van der Waals surface area contributed by atoms with Gasteiger partial charge >= 0.3 is 5.97 Å². The Kier molecular flexibility index (Phi) is 4.07. The van der Waals surface area contributed by atoms with Crippen molar-refractivity contribution in [2.45, 2.75) is 26.1 Å². The molecular weight excluding hydrogens is 148 g/mol. The highest BCUT2D eigenvalue weighted by Gasteiger charge is 2.26. The van der Waals surface area contributed by atoms with E-state index in [1.165, 1.54) is 7.11 Å². The first-order chi connectivity index (χ1) is 5.00. The summed E-state index contributed by atoms with van der Waals surface area (Å²) in [6.07, 6.45) is -2.48. The zero-order valence-corrected chi connectivity index (χ0v) is 6.94. The van der Waals surface area contributed by atoms with Crippen molar-refractivity contribution in [3.63, 3.8) is 0 Å². The molecule has 4 heteroatoms. The molecule has 0 saturated carbocycles. The lowest BCUT2D eigenvalue weighted by Crippen LogP contribution is -2.38. The number of carbonyl (C=O) groups is 1. The molecule has 0 aromatic carbocycles. The third kappa shape index (κ3) is 2.86. The summed E-state index contributed by atoms with van der Waals surface area (Å²) in [5.41, 5.74) is 0. The molecule has 66 valence electrons. The van der Waals surface area contributed by atoms with Gasteiger partial charge in [-0.3, -0.25) is 0 Å². The molecule has 0 aromatic heterocycles. The fourth-order valence-corrected chi connectivity index (χ4v) is 0.625. The SMILES string of the molecule is COC(=O)[C@@H](O)[C@H](O)C(C)C. The molecular formula is C7H14O4. The van der Waals surface area contributed by atoms with Gasteiger partial charge in [0.2, 0.25) is 0 Å². The van der Waals surface area contributed by atoms with Crippen molar-refractivity contribution in [3.8, 4) is 0 Å². The number of methoxy groups -OCH3 is 1. The van der Waals surface area contributed by atoms with Crippen LogP contribution >= 0.6 is 0 Å². The fourth-order valence-electron chi connectivity index (χ4n) is 0.625. The van der Waals surface area contributed by atoms with E-state index in [0.29, 0.717) is 0 Å². The Balaban J connectivity index is 4.01. The average molecular weight is 162 g/mol. The van der Waals surface area contributed by atoms with Crippen molar-refractivity contribution in [1.29, 1.82) is 0 Å². The number of aliphatic hydroxyl groups excluding tert-OH is 2. The van der Waals surface area contributed by atoms with E-state index in [2.05, 4.69) is 4.74 Å². The van der Waals surface area contributed by atoms with E-state index in [1.54, 1.807) is 13.8 Å². The molecule has 0 unspecified atom stereocenters. The summed E-state index contributed by atoms with van der Waals surface area (Å²) >= 11 is 0. The molecule has 0 bridgehead atoms. The first kappa shape index (κ1) is 10.4. The summed E-state index contributed by atoms with van der Waals surface area (Å²) in [6, 6.07) is 0. The zero-order chi connectivity index (χ0) is 9.02. The predicted molar refractivity (Wildman–Crippen MR) is 38.9 cm³/mol. The number of rotatable bonds is 3. The summed E-state index contributed by atoms with van der Waals surface area (Å²) in [6.45, 7) is 3.41. The van der Waals surface area contributed by atoms with Gasteiger partial charge in [0.15, 0.2) is 6.10 Å². The largest absolute Gasteiger partial charge is 0.467 e. The van der Waals surface area contributed by atoms with Crippen molar-refractivity contribution < 1.29 is 19.7 Å². The smallest absolute Gasteiger partial charge is 0.337 e. The van der Waals surface area contributed by atoms with Gasteiger partial charge in [-0.15, -0.1) is 0 Å². The second-order valence-electron chi connectivity index (χ2n) is 2.70. The van der Waals surface area contributed by atoms with Crippen molar-refractivity contribution in [2.75, 3.05) is 7.11 Å². The molecule has 0 aliphatic carbocycles. The normalized spacial score (nSPS) is 16.2. The quantitative estimate of drug-likeness (QED) is 0.551.